The number of nitrogens with two attached hydrogens (primary N) is 1. The van der Waals surface area contributed by atoms with Crippen molar-refractivity contribution in [1.29, 1.82) is 0 Å². The number of benzene rings is 2. The molecule has 0 aliphatic carbocycles. The predicted octanol–water partition coefficient (Wildman–Crippen LogP) is 3.20. The summed E-state index contributed by atoms with van der Waals surface area (Å²) in [5.74, 6) is -0.359. The molecule has 1 fully saturated rings. The number of nitrogens with one attached hydrogen (secondary N) is 1. The maximum Gasteiger partial charge on any atom is 0.227 e. The third kappa shape index (κ3) is 4.91. The first-order valence-corrected chi connectivity index (χ1v) is 10.0. The van der Waals surface area contributed by atoms with Gasteiger partial charge in [-0.15, -0.1) is 0 Å². The van der Waals surface area contributed by atoms with Crippen molar-refractivity contribution in [2.45, 2.75) is 38.6 Å². The molecule has 0 bridgehead atoms. The quantitative estimate of drug-likeness (QED) is 0.776. The summed E-state index contributed by atoms with van der Waals surface area (Å²) in [5.41, 5.74) is 8.67. The highest BCUT2D eigenvalue weighted by Gasteiger charge is 2.24. The van der Waals surface area contributed by atoms with Gasteiger partial charge in [0.25, 0.3) is 0 Å². The smallest absolute Gasteiger partial charge is 0.227 e. The van der Waals surface area contributed by atoms with Crippen LogP contribution in [0.1, 0.15) is 43.2 Å². The molecule has 5 nitrogen and oxygen atoms in total. The molecule has 28 heavy (non-hydrogen) atoms. The van der Waals surface area contributed by atoms with E-state index < -0.39 is 0 Å². The molecular formula is C23H29N3O2. The van der Waals surface area contributed by atoms with Crippen LogP contribution in [0.15, 0.2) is 54.6 Å². The van der Waals surface area contributed by atoms with Crippen molar-refractivity contribution < 1.29 is 9.59 Å². The van der Waals surface area contributed by atoms with E-state index in [1.807, 2.05) is 49.4 Å². The van der Waals surface area contributed by atoms with E-state index in [0.717, 1.165) is 42.6 Å². The molecule has 0 saturated carbocycles. The molecule has 148 valence electrons. The van der Waals surface area contributed by atoms with E-state index in [0.29, 0.717) is 13.1 Å². The van der Waals surface area contributed by atoms with Gasteiger partial charge >= 0.3 is 0 Å². The van der Waals surface area contributed by atoms with Gasteiger partial charge in [-0.25, -0.2) is 0 Å². The van der Waals surface area contributed by atoms with Gasteiger partial charge in [0, 0.05) is 25.3 Å². The van der Waals surface area contributed by atoms with Crippen molar-refractivity contribution in [3.8, 4) is 0 Å². The fourth-order valence-corrected chi connectivity index (χ4v) is 3.84. The lowest BCUT2D eigenvalue weighted by Gasteiger charge is -2.33. The van der Waals surface area contributed by atoms with Crippen LogP contribution in [0.3, 0.4) is 0 Å². The Balaban J connectivity index is 1.57. The lowest BCUT2D eigenvalue weighted by molar-refractivity contribution is -0.123. The SMILES string of the molecule is CC[C@H](C(=O)NCc1ccc(N2CCC[C@H](C(N)=O)C2)cc1)c1ccccc1. The average molecular weight is 380 g/mol. The highest BCUT2D eigenvalue weighted by molar-refractivity contribution is 5.83. The summed E-state index contributed by atoms with van der Waals surface area (Å²) in [5, 5.41) is 3.06. The minimum Gasteiger partial charge on any atom is -0.371 e. The van der Waals surface area contributed by atoms with Crippen LogP contribution in [0.4, 0.5) is 5.69 Å². The van der Waals surface area contributed by atoms with Gasteiger partial charge in [0.1, 0.15) is 0 Å². The van der Waals surface area contributed by atoms with Crippen molar-refractivity contribution in [2.24, 2.45) is 11.7 Å². The molecule has 1 heterocycles. The number of carbonyl (C=O) groups excluding carboxylic acids is 2. The Morgan fingerprint density at radius 1 is 1.14 bits per heavy atom. The molecule has 5 heteroatoms. The molecule has 2 aromatic carbocycles. The van der Waals surface area contributed by atoms with Crippen LogP contribution in [0.5, 0.6) is 0 Å². The molecule has 1 aliphatic rings. The van der Waals surface area contributed by atoms with E-state index in [2.05, 4.69) is 22.3 Å². The number of hydrogen-bond acceptors (Lipinski definition) is 3. The fourth-order valence-electron chi connectivity index (χ4n) is 3.84. The maximum atomic E-state index is 12.6. The van der Waals surface area contributed by atoms with E-state index in [9.17, 15) is 9.59 Å². The van der Waals surface area contributed by atoms with Crippen molar-refractivity contribution in [3.63, 3.8) is 0 Å². The van der Waals surface area contributed by atoms with E-state index >= 15 is 0 Å². The average Bonchev–Trinajstić information content (AvgIpc) is 2.74. The maximum absolute atomic E-state index is 12.6. The van der Waals surface area contributed by atoms with Crippen LogP contribution in [0.2, 0.25) is 0 Å². The highest BCUT2D eigenvalue weighted by atomic mass is 16.2. The topological polar surface area (TPSA) is 75.4 Å². The van der Waals surface area contributed by atoms with Gasteiger partial charge in [0.05, 0.1) is 11.8 Å². The normalized spacial score (nSPS) is 17.8. The van der Waals surface area contributed by atoms with Crippen molar-refractivity contribution in [3.05, 3.63) is 65.7 Å². The van der Waals surface area contributed by atoms with Crippen LogP contribution in [-0.4, -0.2) is 24.9 Å². The van der Waals surface area contributed by atoms with Gasteiger partial charge in [-0.1, -0.05) is 49.4 Å². The molecule has 2 atom stereocenters. The van der Waals surface area contributed by atoms with Crippen molar-refractivity contribution in [2.75, 3.05) is 18.0 Å². The largest absolute Gasteiger partial charge is 0.371 e. The fraction of sp³-hybridized carbons (Fsp3) is 0.391. The summed E-state index contributed by atoms with van der Waals surface area (Å²) >= 11 is 0. The lowest BCUT2D eigenvalue weighted by atomic mass is 9.95. The van der Waals surface area contributed by atoms with Crippen LogP contribution in [-0.2, 0) is 16.1 Å². The van der Waals surface area contributed by atoms with Crippen LogP contribution in [0.25, 0.3) is 0 Å². The first-order chi connectivity index (χ1) is 13.6. The standard InChI is InChI=1S/C23H29N3O2/c1-2-21(18-7-4-3-5-8-18)23(28)25-15-17-10-12-20(13-11-17)26-14-6-9-19(16-26)22(24)27/h3-5,7-8,10-13,19,21H,2,6,9,14-16H2,1H3,(H2,24,27)(H,25,28)/t19-,21-/m0/s1. The van der Waals surface area contributed by atoms with E-state index in [1.54, 1.807) is 0 Å². The molecule has 0 spiro atoms. The van der Waals surface area contributed by atoms with Crippen molar-refractivity contribution >= 4 is 17.5 Å². The monoisotopic (exact) mass is 379 g/mol. The van der Waals surface area contributed by atoms with E-state index in [-0.39, 0.29) is 23.7 Å². The number of anilines is 1. The van der Waals surface area contributed by atoms with Crippen LogP contribution < -0.4 is 16.0 Å². The molecule has 2 amide bonds. The van der Waals surface area contributed by atoms with E-state index in [4.69, 9.17) is 5.73 Å². The van der Waals surface area contributed by atoms with Gasteiger partial charge in [-0.2, -0.15) is 0 Å². The number of amides is 2. The third-order valence-corrected chi connectivity index (χ3v) is 5.52. The van der Waals surface area contributed by atoms with Crippen LogP contribution in [0, 0.1) is 5.92 Å². The Kier molecular flexibility index (Phi) is 6.69. The lowest BCUT2D eigenvalue weighted by Crippen LogP contribution is -2.41. The Morgan fingerprint density at radius 3 is 2.50 bits per heavy atom. The third-order valence-electron chi connectivity index (χ3n) is 5.52. The van der Waals surface area contributed by atoms with Gasteiger partial charge in [-0.05, 0) is 42.5 Å². The highest BCUT2D eigenvalue weighted by Crippen LogP contribution is 2.24. The number of piperidine rings is 1. The molecule has 1 aliphatic heterocycles. The molecule has 0 aromatic heterocycles. The molecule has 3 rings (SSSR count). The van der Waals surface area contributed by atoms with Gasteiger partial charge < -0.3 is 16.0 Å². The first-order valence-electron chi connectivity index (χ1n) is 10.0. The Hall–Kier alpha value is -2.82. The number of rotatable bonds is 7. The number of hydrogen-bond donors (Lipinski definition) is 2. The second kappa shape index (κ2) is 9.40. The number of carbonyl (C=O) groups is 2. The zero-order valence-electron chi connectivity index (χ0n) is 16.4. The summed E-state index contributed by atoms with van der Waals surface area (Å²) in [6.07, 6.45) is 2.62. The van der Waals surface area contributed by atoms with Gasteiger partial charge in [0.15, 0.2) is 0 Å². The Labute approximate surface area is 166 Å². The van der Waals surface area contributed by atoms with Gasteiger partial charge in [0.2, 0.25) is 11.8 Å². The summed E-state index contributed by atoms with van der Waals surface area (Å²) in [7, 11) is 0. The molecule has 1 saturated heterocycles. The summed E-state index contributed by atoms with van der Waals surface area (Å²) < 4.78 is 0. The molecule has 3 N–H and O–H groups in total. The van der Waals surface area contributed by atoms with Crippen molar-refractivity contribution in [1.82, 2.24) is 5.32 Å². The summed E-state index contributed by atoms with van der Waals surface area (Å²) in [6, 6.07) is 18.1. The minimum atomic E-state index is -0.215. The Bertz CT molecular complexity index is 789. The van der Waals surface area contributed by atoms with Gasteiger partial charge in [-0.3, -0.25) is 9.59 Å². The van der Waals surface area contributed by atoms with Crippen LogP contribution >= 0.6 is 0 Å². The second-order valence-corrected chi connectivity index (χ2v) is 7.44. The van der Waals surface area contributed by atoms with E-state index in [1.165, 1.54) is 0 Å². The second-order valence-electron chi connectivity index (χ2n) is 7.44. The Morgan fingerprint density at radius 2 is 1.86 bits per heavy atom. The molecule has 2 aromatic rings. The summed E-state index contributed by atoms with van der Waals surface area (Å²) in [4.78, 5) is 26.3. The predicted molar refractivity (Wildman–Crippen MR) is 112 cm³/mol. The number of nitrogens with zero attached hydrogens (tertiary/aromatic N) is 1. The molecule has 0 radical (unpaired) electrons. The first kappa shape index (κ1) is 19.9. The summed E-state index contributed by atoms with van der Waals surface area (Å²) in [6.45, 7) is 4.16. The molecular weight excluding hydrogens is 350 g/mol. The molecule has 0 unspecified atom stereocenters. The zero-order chi connectivity index (χ0) is 19.9. The zero-order valence-corrected chi connectivity index (χ0v) is 16.4. The number of primary amides is 1. The minimum absolute atomic E-state index is 0.0538.